The van der Waals surface area contributed by atoms with Crippen LogP contribution in [0, 0.1) is 0 Å². The molecule has 0 heterocycles. The molecule has 0 fully saturated rings. The lowest BCUT2D eigenvalue weighted by Gasteiger charge is -2.21. The molecule has 6 heteroatoms. The molecule has 0 aliphatic rings. The van der Waals surface area contributed by atoms with Crippen molar-refractivity contribution in [2.24, 2.45) is 0 Å². The lowest BCUT2D eigenvalue weighted by Crippen LogP contribution is -2.30. The SMILES string of the molecule is CCCCOc1cccc(NCC(=O)Nc2ccc(C(=O)N(CC)c3ccccc3)cc2)c1. The number of nitrogens with one attached hydrogen (secondary N) is 2. The number of rotatable bonds is 11. The van der Waals surface area contributed by atoms with E-state index in [2.05, 4.69) is 17.6 Å². The third-order valence-corrected chi connectivity index (χ3v) is 5.10. The number of hydrogen-bond acceptors (Lipinski definition) is 4. The van der Waals surface area contributed by atoms with Crippen LogP contribution in [0.15, 0.2) is 78.9 Å². The maximum Gasteiger partial charge on any atom is 0.258 e. The zero-order valence-electron chi connectivity index (χ0n) is 19.2. The first kappa shape index (κ1) is 23.9. The Bertz CT molecular complexity index is 1040. The van der Waals surface area contributed by atoms with Gasteiger partial charge in [0.15, 0.2) is 0 Å². The summed E-state index contributed by atoms with van der Waals surface area (Å²) >= 11 is 0. The minimum Gasteiger partial charge on any atom is -0.494 e. The van der Waals surface area contributed by atoms with E-state index >= 15 is 0 Å². The van der Waals surface area contributed by atoms with Crippen molar-refractivity contribution < 1.29 is 14.3 Å². The minimum absolute atomic E-state index is 0.0794. The van der Waals surface area contributed by atoms with E-state index in [0.717, 1.165) is 30.0 Å². The summed E-state index contributed by atoms with van der Waals surface area (Å²) in [5.41, 5.74) is 2.88. The molecule has 0 saturated carbocycles. The Morgan fingerprint density at radius 2 is 1.64 bits per heavy atom. The van der Waals surface area contributed by atoms with Crippen molar-refractivity contribution in [2.75, 3.05) is 35.2 Å². The molecule has 6 nitrogen and oxygen atoms in total. The Labute approximate surface area is 195 Å². The van der Waals surface area contributed by atoms with Gasteiger partial charge in [-0.1, -0.05) is 37.6 Å². The van der Waals surface area contributed by atoms with Gasteiger partial charge in [0.05, 0.1) is 13.2 Å². The number of ether oxygens (including phenoxy) is 1. The highest BCUT2D eigenvalue weighted by molar-refractivity contribution is 6.06. The number of carbonyl (C=O) groups excluding carboxylic acids is 2. The first-order valence-corrected chi connectivity index (χ1v) is 11.3. The Hall–Kier alpha value is -3.80. The summed E-state index contributed by atoms with van der Waals surface area (Å²) in [6.07, 6.45) is 2.09. The van der Waals surface area contributed by atoms with Crippen LogP contribution in [-0.4, -0.2) is 31.5 Å². The molecule has 3 rings (SSSR count). The highest BCUT2D eigenvalue weighted by Gasteiger charge is 2.16. The predicted octanol–water partition coefficient (Wildman–Crippen LogP) is 5.58. The number of unbranched alkanes of at least 4 members (excludes halogenated alkanes) is 1. The molecular formula is C27H31N3O3. The van der Waals surface area contributed by atoms with Crippen molar-refractivity contribution in [1.82, 2.24) is 0 Å². The molecule has 0 aliphatic heterocycles. The quantitative estimate of drug-likeness (QED) is 0.378. The molecule has 3 aromatic rings. The largest absolute Gasteiger partial charge is 0.494 e. The molecule has 0 bridgehead atoms. The van der Waals surface area contributed by atoms with Crippen molar-refractivity contribution in [3.8, 4) is 5.75 Å². The van der Waals surface area contributed by atoms with Crippen LogP contribution in [-0.2, 0) is 4.79 Å². The maximum atomic E-state index is 12.9. The fourth-order valence-corrected chi connectivity index (χ4v) is 3.32. The van der Waals surface area contributed by atoms with Gasteiger partial charge in [0.25, 0.3) is 5.91 Å². The van der Waals surface area contributed by atoms with Crippen LogP contribution in [0.3, 0.4) is 0 Å². The normalized spacial score (nSPS) is 10.4. The van der Waals surface area contributed by atoms with Crippen LogP contribution in [0.1, 0.15) is 37.0 Å². The molecule has 0 aromatic heterocycles. The highest BCUT2D eigenvalue weighted by atomic mass is 16.5. The van der Waals surface area contributed by atoms with Gasteiger partial charge >= 0.3 is 0 Å². The molecule has 3 aromatic carbocycles. The fourth-order valence-electron chi connectivity index (χ4n) is 3.32. The van der Waals surface area contributed by atoms with Crippen LogP contribution >= 0.6 is 0 Å². The predicted molar refractivity (Wildman–Crippen MR) is 134 cm³/mol. The summed E-state index contributed by atoms with van der Waals surface area (Å²) in [7, 11) is 0. The van der Waals surface area contributed by atoms with Gasteiger partial charge < -0.3 is 20.3 Å². The summed E-state index contributed by atoms with van der Waals surface area (Å²) in [5, 5.41) is 5.97. The van der Waals surface area contributed by atoms with E-state index in [9.17, 15) is 9.59 Å². The monoisotopic (exact) mass is 445 g/mol. The topological polar surface area (TPSA) is 70.7 Å². The summed E-state index contributed by atoms with van der Waals surface area (Å²) in [6.45, 7) is 5.43. The van der Waals surface area contributed by atoms with E-state index in [-0.39, 0.29) is 18.4 Å². The number of benzene rings is 3. The second kappa shape index (κ2) is 12.3. The lowest BCUT2D eigenvalue weighted by molar-refractivity contribution is -0.114. The van der Waals surface area contributed by atoms with Gasteiger partial charge in [-0.25, -0.2) is 0 Å². The third kappa shape index (κ3) is 7.10. The molecule has 0 atom stereocenters. The van der Waals surface area contributed by atoms with Crippen molar-refractivity contribution in [3.05, 3.63) is 84.4 Å². The Morgan fingerprint density at radius 3 is 2.33 bits per heavy atom. The van der Waals surface area contributed by atoms with Crippen molar-refractivity contribution in [2.45, 2.75) is 26.7 Å². The standard InChI is InChI=1S/C27H31N3O3/c1-3-5-18-33-25-13-9-10-23(19-25)28-20-26(31)29-22-16-14-21(15-17-22)27(32)30(4-2)24-11-7-6-8-12-24/h6-17,19,28H,3-5,18,20H2,1-2H3,(H,29,31). The third-order valence-electron chi connectivity index (χ3n) is 5.10. The van der Waals surface area contributed by atoms with Crippen molar-refractivity contribution in [3.63, 3.8) is 0 Å². The van der Waals surface area contributed by atoms with Crippen LogP contribution in [0.5, 0.6) is 5.75 Å². The van der Waals surface area contributed by atoms with Gasteiger partial charge in [-0.3, -0.25) is 9.59 Å². The van der Waals surface area contributed by atoms with Gasteiger partial charge in [-0.2, -0.15) is 0 Å². The number of anilines is 3. The minimum atomic E-state index is -0.175. The molecule has 0 unspecified atom stereocenters. The number of carbonyl (C=O) groups is 2. The molecule has 0 spiro atoms. The molecule has 0 radical (unpaired) electrons. The van der Waals surface area contributed by atoms with Gasteiger partial charge in [-0.05, 0) is 61.9 Å². The highest BCUT2D eigenvalue weighted by Crippen LogP contribution is 2.19. The first-order valence-electron chi connectivity index (χ1n) is 11.3. The van der Waals surface area contributed by atoms with Gasteiger partial charge in [-0.15, -0.1) is 0 Å². The smallest absolute Gasteiger partial charge is 0.258 e. The molecule has 2 N–H and O–H groups in total. The van der Waals surface area contributed by atoms with Gasteiger partial charge in [0, 0.05) is 35.2 Å². The Morgan fingerprint density at radius 1 is 0.879 bits per heavy atom. The molecular weight excluding hydrogens is 414 g/mol. The van der Waals surface area contributed by atoms with Crippen molar-refractivity contribution >= 4 is 28.9 Å². The number of amides is 2. The zero-order valence-corrected chi connectivity index (χ0v) is 19.2. The maximum absolute atomic E-state index is 12.9. The first-order chi connectivity index (χ1) is 16.1. The fraction of sp³-hybridized carbons (Fsp3) is 0.259. The molecule has 2 amide bonds. The summed E-state index contributed by atoms with van der Waals surface area (Å²) in [6, 6.07) is 24.1. The van der Waals surface area contributed by atoms with E-state index in [1.165, 1.54) is 0 Å². The lowest BCUT2D eigenvalue weighted by atomic mass is 10.1. The van der Waals surface area contributed by atoms with E-state index < -0.39 is 0 Å². The van der Waals surface area contributed by atoms with E-state index in [4.69, 9.17) is 4.74 Å². The van der Waals surface area contributed by atoms with Crippen LogP contribution in [0.2, 0.25) is 0 Å². The summed E-state index contributed by atoms with van der Waals surface area (Å²) in [4.78, 5) is 27.0. The summed E-state index contributed by atoms with van der Waals surface area (Å²) < 4.78 is 5.70. The molecule has 0 aliphatic carbocycles. The average molecular weight is 446 g/mol. The number of para-hydroxylation sites is 1. The zero-order chi connectivity index (χ0) is 23.5. The average Bonchev–Trinajstić information content (AvgIpc) is 2.85. The molecule has 33 heavy (non-hydrogen) atoms. The van der Waals surface area contributed by atoms with E-state index in [1.54, 1.807) is 29.2 Å². The van der Waals surface area contributed by atoms with Crippen molar-refractivity contribution in [1.29, 1.82) is 0 Å². The number of hydrogen-bond donors (Lipinski definition) is 2. The molecule has 0 saturated heterocycles. The van der Waals surface area contributed by atoms with E-state index in [1.807, 2.05) is 61.5 Å². The summed E-state index contributed by atoms with van der Waals surface area (Å²) in [5.74, 6) is 0.529. The van der Waals surface area contributed by atoms with Gasteiger partial charge in [0.2, 0.25) is 5.91 Å². The van der Waals surface area contributed by atoms with Crippen LogP contribution in [0.4, 0.5) is 17.1 Å². The Kier molecular flexibility index (Phi) is 8.88. The van der Waals surface area contributed by atoms with Gasteiger partial charge in [0.1, 0.15) is 5.75 Å². The Balaban J connectivity index is 1.53. The van der Waals surface area contributed by atoms with Crippen LogP contribution < -0.4 is 20.3 Å². The second-order valence-electron chi connectivity index (χ2n) is 7.59. The van der Waals surface area contributed by atoms with Crippen LogP contribution in [0.25, 0.3) is 0 Å². The second-order valence-corrected chi connectivity index (χ2v) is 7.59. The molecule has 172 valence electrons. The van der Waals surface area contributed by atoms with E-state index in [0.29, 0.717) is 24.4 Å². The number of nitrogens with zero attached hydrogens (tertiary/aromatic N) is 1.